The van der Waals surface area contributed by atoms with Crippen LogP contribution in [0.4, 0.5) is 0 Å². The molecule has 11 heterocycles. The maximum atomic E-state index is 13.0. The van der Waals surface area contributed by atoms with Crippen LogP contribution in [0.3, 0.4) is 0 Å². The van der Waals surface area contributed by atoms with E-state index in [4.69, 9.17) is 85.3 Å². The highest BCUT2D eigenvalue weighted by atomic mass is 35.5. The van der Waals surface area contributed by atoms with Crippen LogP contribution in [0.5, 0.6) is 0 Å². The Morgan fingerprint density at radius 1 is 0.303 bits per heavy atom. The van der Waals surface area contributed by atoms with Gasteiger partial charge in [-0.2, -0.15) is 0 Å². The number of ketones is 4. The molecule has 0 N–H and O–H groups in total. The van der Waals surface area contributed by atoms with Crippen molar-refractivity contribution in [1.29, 1.82) is 0 Å². The SMILES string of the molecule is CC(=O)[C@@H](OC(C)(C)C)c1c(C)cc2nc(-c3ccc4nnn(C)c4c3)sc2c1-c1ccc(Cl)cc1.CC(=O)[C@@H](OC(C)(C)C)c1c(C)cc2nc(-c3ccn4c(C)nc(C)c4c3)sc2c1-c1ccc(Cl)cc1.CC(=O)[C@@H](OC(C)(C)C)c1c(C)cc2nc(-c3ccn4c(C)nnc4c3)sc2c1-c1ccc(Cl)cc1.CC(=O)[C@@H](OC(C)(C)C)c1c(C)cc2nc(-c3ccn4nnc(C)c4c3)sc2c1-c1ccc(Cl)cc1. The van der Waals surface area contributed by atoms with Crippen molar-refractivity contribution in [3.05, 3.63) is 282 Å². The maximum Gasteiger partial charge on any atom is 0.163 e. The molecule has 0 fully saturated rings. The predicted molar refractivity (Wildman–Crippen MR) is 591 cm³/mol. The summed E-state index contributed by atoms with van der Waals surface area (Å²) in [5.41, 5.74) is 27.0. The summed E-state index contributed by atoms with van der Waals surface area (Å²) in [4.78, 5) is 76.4. The lowest BCUT2D eigenvalue weighted by molar-refractivity contribution is -0.139. The number of hydrogen-bond donors (Lipinski definition) is 0. The van der Waals surface area contributed by atoms with Gasteiger partial charge in [-0.25, -0.2) is 34.1 Å². The van der Waals surface area contributed by atoms with Crippen LogP contribution in [-0.4, -0.2) is 119 Å². The van der Waals surface area contributed by atoms with E-state index in [9.17, 15) is 19.2 Å². The summed E-state index contributed by atoms with van der Waals surface area (Å²) in [6, 6.07) is 57.4. The van der Waals surface area contributed by atoms with Crippen molar-refractivity contribution in [2.45, 2.75) is 213 Å². The number of ether oxygens (including phenoxy) is 4. The average molecular weight is 2090 g/mol. The minimum Gasteiger partial charge on any atom is -0.360 e. The van der Waals surface area contributed by atoms with E-state index in [0.717, 1.165) is 223 Å². The molecule has 20 rings (SSSR count). The van der Waals surface area contributed by atoms with Crippen molar-refractivity contribution >= 4 is 183 Å². The van der Waals surface area contributed by atoms with Gasteiger partial charge in [0.25, 0.3) is 0 Å². The Morgan fingerprint density at radius 2 is 0.607 bits per heavy atom. The smallest absolute Gasteiger partial charge is 0.163 e. The molecule has 0 radical (unpaired) electrons. The summed E-state index contributed by atoms with van der Waals surface area (Å²) in [6.07, 6.45) is 3.09. The molecule has 20 aromatic rings. The van der Waals surface area contributed by atoms with Crippen LogP contribution < -0.4 is 0 Å². The van der Waals surface area contributed by atoms with Gasteiger partial charge in [-0.3, -0.25) is 23.6 Å². The monoisotopic (exact) mass is 2090 g/mol. The number of aromatic nitrogens is 15. The van der Waals surface area contributed by atoms with Gasteiger partial charge >= 0.3 is 0 Å². The Labute approximate surface area is 877 Å². The van der Waals surface area contributed by atoms with E-state index < -0.39 is 46.8 Å². The van der Waals surface area contributed by atoms with E-state index in [2.05, 4.69) is 82.7 Å². The number of pyridine rings is 3. The Bertz CT molecular complexity index is 8220. The lowest BCUT2D eigenvalue weighted by Gasteiger charge is -2.29. The minimum atomic E-state index is -0.707. The number of halogens is 4. The summed E-state index contributed by atoms with van der Waals surface area (Å²) in [7, 11) is 1.88. The standard InChI is InChI=1S/C30H30ClN3O2S.3C28H27ClN4O2S/c1-16-14-23-28(37-29(33-23)21-12-13-34-19(4)32-17(2)24(34)15-21)26(20-8-10-22(31)11-9-20)25(16)27(18(3)35)36-30(5,6)7;1-15-13-21-26(36-27(30-21)18-9-12-20-22(14-18)33(6)32-31-20)24(17-7-10-19(29)11-8-17)23(15)25(16(2)34)35-28(3,4)5;1-15-13-21-26(36-27(30-21)19-11-12-33-17(3)31-32-22(33)14-19)24(18-7-9-20(29)10-8-18)23(15)25(16(2)34)35-28(4,5)6;1-15-13-21-26(36-27(30-21)19-11-12-33-22(14-19)16(2)31-32-33)24(18-7-9-20(29)10-8-18)23(15)25(17(3)34)35-28(4,5)6/h8-15,27H,1-7H3;3*7-14,25H,1-6H3/t27-;3*25-/m1111/s1. The number of hydrogen-bond acceptors (Lipinski definition) is 23. The number of benzene rings is 9. The van der Waals surface area contributed by atoms with Gasteiger partial charge in [0, 0.05) is 112 Å². The first-order valence-electron chi connectivity index (χ1n) is 47.4. The number of fused-ring (bicyclic) bond motifs is 8. The fourth-order valence-corrected chi connectivity index (χ4v) is 23.1. The van der Waals surface area contributed by atoms with E-state index >= 15 is 0 Å². The molecule has 0 unspecified atom stereocenters. The number of carbonyl (C=O) groups is 4. The van der Waals surface area contributed by atoms with Gasteiger partial charge in [0.15, 0.2) is 28.8 Å². The third-order valence-corrected chi connectivity index (χ3v) is 30.0. The van der Waals surface area contributed by atoms with Gasteiger partial charge in [-0.15, -0.1) is 65.7 Å². The van der Waals surface area contributed by atoms with Crippen molar-refractivity contribution in [3.8, 4) is 86.8 Å². The van der Waals surface area contributed by atoms with Crippen molar-refractivity contribution in [2.75, 3.05) is 0 Å². The second kappa shape index (κ2) is 41.1. The molecule has 9 aromatic carbocycles. The van der Waals surface area contributed by atoms with Crippen LogP contribution in [0, 0.1) is 55.4 Å². The van der Waals surface area contributed by atoms with Gasteiger partial charge < -0.3 is 23.3 Å². The minimum absolute atomic E-state index is 0.0330. The third-order valence-electron chi connectivity index (χ3n) is 24.4. The maximum absolute atomic E-state index is 13.0. The number of aryl methyl sites for hydroxylation is 9. The van der Waals surface area contributed by atoms with Gasteiger partial charge in [0.05, 0.1) is 91.2 Å². The average Bonchev–Trinajstić information content (AvgIpc) is 1.63. The number of imidazole rings is 1. The molecule has 11 aromatic heterocycles. The second-order valence-electron chi connectivity index (χ2n) is 40.5. The number of thiazole rings is 4. The zero-order valence-electron chi connectivity index (χ0n) is 85.4. The summed E-state index contributed by atoms with van der Waals surface area (Å²) < 4.78 is 36.9. The molecule has 0 aliphatic carbocycles. The Hall–Kier alpha value is -12.5. The highest BCUT2D eigenvalue weighted by Gasteiger charge is 2.37. The van der Waals surface area contributed by atoms with Gasteiger partial charge in [0.1, 0.15) is 61.6 Å². The van der Waals surface area contributed by atoms with E-state index in [0.29, 0.717) is 20.1 Å². The zero-order chi connectivity index (χ0) is 104. The van der Waals surface area contributed by atoms with Gasteiger partial charge in [0.2, 0.25) is 0 Å². The normalized spacial score (nSPS) is 13.0. The van der Waals surface area contributed by atoms with Crippen molar-refractivity contribution < 1.29 is 38.1 Å². The first-order chi connectivity index (χ1) is 68.5. The molecular formula is C114H111Cl4N15O8S4. The molecule has 31 heteroatoms. The summed E-state index contributed by atoms with van der Waals surface area (Å²) in [6.45, 7) is 45.9. The lowest BCUT2D eigenvalue weighted by atomic mass is 9.90. The number of rotatable bonds is 20. The highest BCUT2D eigenvalue weighted by molar-refractivity contribution is 7.23. The van der Waals surface area contributed by atoms with E-state index in [1.54, 1.807) is 82.2 Å². The molecule has 0 spiro atoms. The molecule has 0 bridgehead atoms. The van der Waals surface area contributed by atoms with Crippen LogP contribution in [-0.2, 0) is 45.2 Å². The molecule has 0 aliphatic rings. The molecule has 145 heavy (non-hydrogen) atoms. The predicted octanol–water partition coefficient (Wildman–Crippen LogP) is 30.4. The van der Waals surface area contributed by atoms with Crippen LogP contribution in [0.25, 0.3) is 155 Å². The Kier molecular flexibility index (Phi) is 29.5. The van der Waals surface area contributed by atoms with E-state index in [1.165, 1.54) is 0 Å². The quantitative estimate of drug-likeness (QED) is 0.0686. The number of carbonyl (C=O) groups excluding carboxylic acids is 4. The van der Waals surface area contributed by atoms with Crippen LogP contribution in [0.2, 0.25) is 20.1 Å². The van der Waals surface area contributed by atoms with E-state index in [-0.39, 0.29) is 23.1 Å². The molecule has 0 saturated heterocycles. The molecule has 0 amide bonds. The molecule has 0 aliphatic heterocycles. The first kappa shape index (κ1) is 104. The highest BCUT2D eigenvalue weighted by Crippen LogP contribution is 2.52. The lowest BCUT2D eigenvalue weighted by Crippen LogP contribution is -2.27. The fourth-order valence-electron chi connectivity index (χ4n) is 18.1. The van der Waals surface area contributed by atoms with Gasteiger partial charge in [-0.1, -0.05) is 105 Å². The van der Waals surface area contributed by atoms with Crippen molar-refractivity contribution in [1.82, 2.24) is 73.7 Å². The molecule has 23 nitrogen and oxygen atoms in total. The molecule has 4 atom stereocenters. The van der Waals surface area contributed by atoms with Crippen molar-refractivity contribution in [2.24, 2.45) is 7.05 Å². The largest absolute Gasteiger partial charge is 0.360 e. The van der Waals surface area contributed by atoms with Gasteiger partial charge in [-0.05, 0) is 338 Å². The second-order valence-corrected chi connectivity index (χ2v) is 46.2. The third kappa shape index (κ3) is 22.3. The molecule has 742 valence electrons. The first-order valence-corrected chi connectivity index (χ1v) is 52.2. The van der Waals surface area contributed by atoms with E-state index in [1.807, 2.05) is 302 Å². The summed E-state index contributed by atoms with van der Waals surface area (Å²) in [5, 5.41) is 31.2. The van der Waals surface area contributed by atoms with Crippen LogP contribution in [0.15, 0.2) is 195 Å². The molecule has 0 saturated carbocycles. The topological polar surface area (TPSA) is 265 Å². The van der Waals surface area contributed by atoms with Crippen LogP contribution >= 0.6 is 91.8 Å². The number of nitrogens with zero attached hydrogens (tertiary/aromatic N) is 15. The number of Topliss-reactive ketones (excluding diaryl/α,β-unsaturated/α-hetero) is 4. The zero-order valence-corrected chi connectivity index (χ0v) is 91.7. The molecular weight excluding hydrogens is 1980 g/mol. The Balaban J connectivity index is 0.000000132. The fraction of sp³-hybridized carbons (Fsp3) is 0.289. The Morgan fingerprint density at radius 3 is 0.945 bits per heavy atom. The van der Waals surface area contributed by atoms with Crippen LogP contribution in [0.1, 0.15) is 203 Å². The van der Waals surface area contributed by atoms with Crippen molar-refractivity contribution in [3.63, 3.8) is 0 Å². The summed E-state index contributed by atoms with van der Waals surface area (Å²) in [5.74, 6) is 1.64. The summed E-state index contributed by atoms with van der Waals surface area (Å²) >= 11 is 31.3.